The van der Waals surface area contributed by atoms with Gasteiger partial charge in [-0.1, -0.05) is 71.1 Å². The van der Waals surface area contributed by atoms with Crippen LogP contribution in [0.4, 0.5) is 0 Å². The molecule has 154 valence electrons. The van der Waals surface area contributed by atoms with Crippen LogP contribution in [-0.4, -0.2) is 58.0 Å². The first-order valence-corrected chi connectivity index (χ1v) is 10.8. The van der Waals surface area contributed by atoms with Gasteiger partial charge in [0.2, 0.25) is 0 Å². The van der Waals surface area contributed by atoms with Gasteiger partial charge in [0.25, 0.3) is 0 Å². The van der Waals surface area contributed by atoms with Crippen molar-refractivity contribution in [1.82, 2.24) is 0 Å². The molecule has 0 amide bonds. The predicted octanol–water partition coefficient (Wildman–Crippen LogP) is 3.51. The number of unbranched alkanes of at least 4 members (excludes halogenated alkanes) is 10. The van der Waals surface area contributed by atoms with Crippen molar-refractivity contribution in [3.8, 4) is 0 Å². The van der Waals surface area contributed by atoms with Crippen molar-refractivity contribution in [3.63, 3.8) is 0 Å². The molecular weight excluding hydrogens is 352 g/mol. The first-order chi connectivity index (χ1) is 12.6. The summed E-state index contributed by atoms with van der Waals surface area (Å²) in [6.45, 7) is 2.27. The summed E-state index contributed by atoms with van der Waals surface area (Å²) in [5.41, 5.74) is 0. The zero-order valence-electron chi connectivity index (χ0n) is 16.3. The Kier molecular flexibility index (Phi) is 13.5. The number of aliphatic hydroxyl groups excluding tert-OH is 3. The Bertz CT molecular complexity index is 366. The molecule has 26 heavy (non-hydrogen) atoms. The first kappa shape index (κ1) is 23.8. The molecule has 0 saturated carbocycles. The lowest BCUT2D eigenvalue weighted by atomic mass is 10.1. The Hall–Kier alpha value is -0.270. The summed E-state index contributed by atoms with van der Waals surface area (Å²) in [5.74, 6) is 0. The van der Waals surface area contributed by atoms with E-state index in [2.05, 4.69) is 6.92 Å². The van der Waals surface area contributed by atoms with Crippen LogP contribution in [0, 0.1) is 0 Å². The van der Waals surface area contributed by atoms with Crippen molar-refractivity contribution in [2.45, 2.75) is 108 Å². The van der Waals surface area contributed by atoms with Gasteiger partial charge in [-0.25, -0.2) is 0 Å². The average Bonchev–Trinajstić information content (AvgIpc) is 2.96. The summed E-state index contributed by atoms with van der Waals surface area (Å²) < 4.78 is 10.6. The Morgan fingerprint density at radius 3 is 2.04 bits per heavy atom. The van der Waals surface area contributed by atoms with Crippen LogP contribution in [0.25, 0.3) is 0 Å². The molecule has 1 fully saturated rings. The lowest BCUT2D eigenvalue weighted by molar-refractivity contribution is -0.0663. The van der Waals surface area contributed by atoms with Crippen LogP contribution in [0.15, 0.2) is 0 Å². The minimum atomic E-state index is -1.08. The molecule has 1 rings (SSSR count). The average molecular weight is 391 g/mol. The van der Waals surface area contributed by atoms with Crippen LogP contribution in [0.1, 0.15) is 84.0 Å². The van der Waals surface area contributed by atoms with Gasteiger partial charge in [0.15, 0.2) is 5.05 Å². The Balaban J connectivity index is 1.91. The van der Waals surface area contributed by atoms with Gasteiger partial charge in [0, 0.05) is 6.42 Å². The third-order valence-electron chi connectivity index (χ3n) is 4.97. The van der Waals surface area contributed by atoms with E-state index in [1.54, 1.807) is 0 Å². The Morgan fingerprint density at radius 1 is 1.00 bits per heavy atom. The molecule has 0 radical (unpaired) electrons. The number of rotatable bonds is 15. The molecule has 6 heteroatoms. The summed E-state index contributed by atoms with van der Waals surface area (Å²) in [5, 5.41) is 29.6. The van der Waals surface area contributed by atoms with Crippen LogP contribution in [0.5, 0.6) is 0 Å². The predicted molar refractivity (Wildman–Crippen MR) is 107 cm³/mol. The molecule has 1 saturated heterocycles. The molecule has 3 N–H and O–H groups in total. The van der Waals surface area contributed by atoms with Crippen molar-refractivity contribution in [2.75, 3.05) is 13.2 Å². The minimum Gasteiger partial charge on any atom is -0.484 e. The number of ether oxygens (including phenoxy) is 2. The summed E-state index contributed by atoms with van der Waals surface area (Å²) in [7, 11) is 0. The van der Waals surface area contributed by atoms with Crippen molar-refractivity contribution in [1.29, 1.82) is 0 Å². The minimum absolute atomic E-state index is 0.00862. The van der Waals surface area contributed by atoms with Gasteiger partial charge in [-0.3, -0.25) is 0 Å². The van der Waals surface area contributed by atoms with E-state index < -0.39 is 24.4 Å². The third kappa shape index (κ3) is 10.2. The molecule has 5 nitrogen and oxygen atoms in total. The molecule has 0 aromatic rings. The highest BCUT2D eigenvalue weighted by atomic mass is 32.1. The Labute approximate surface area is 164 Å². The molecular formula is C20H38O5S. The van der Waals surface area contributed by atoms with Gasteiger partial charge in [0.1, 0.15) is 31.0 Å². The van der Waals surface area contributed by atoms with E-state index in [4.69, 9.17) is 21.7 Å². The molecule has 0 spiro atoms. The monoisotopic (exact) mass is 390 g/mol. The molecule has 0 unspecified atom stereocenters. The molecule has 0 bridgehead atoms. The highest BCUT2D eigenvalue weighted by Crippen LogP contribution is 2.18. The molecule has 1 heterocycles. The standard InChI is InChI=1S/C20H38O5S/c1-2-3-4-5-6-7-8-9-10-11-12-13-18(26)24-15-17(22)20-19(23)16(21)14-25-20/h16-17,19-23H,2-15H2,1H3/t16-,17+,19+,20+/m0/s1. The van der Waals surface area contributed by atoms with Crippen LogP contribution in [0.3, 0.4) is 0 Å². The fourth-order valence-electron chi connectivity index (χ4n) is 3.24. The van der Waals surface area contributed by atoms with Crippen LogP contribution < -0.4 is 0 Å². The van der Waals surface area contributed by atoms with Gasteiger partial charge in [-0.05, 0) is 18.6 Å². The summed E-state index contributed by atoms with van der Waals surface area (Å²) in [6, 6.07) is 0. The van der Waals surface area contributed by atoms with E-state index in [1.807, 2.05) is 0 Å². The smallest absolute Gasteiger partial charge is 0.159 e. The molecule has 0 aliphatic carbocycles. The largest absolute Gasteiger partial charge is 0.484 e. The zero-order chi connectivity index (χ0) is 19.2. The van der Waals surface area contributed by atoms with Gasteiger partial charge in [-0.15, -0.1) is 0 Å². The molecule has 0 aromatic carbocycles. The highest BCUT2D eigenvalue weighted by molar-refractivity contribution is 7.80. The van der Waals surface area contributed by atoms with Crippen molar-refractivity contribution < 1.29 is 24.8 Å². The Morgan fingerprint density at radius 2 is 1.54 bits per heavy atom. The molecule has 0 aromatic heterocycles. The zero-order valence-corrected chi connectivity index (χ0v) is 17.1. The highest BCUT2D eigenvalue weighted by Gasteiger charge is 2.39. The topological polar surface area (TPSA) is 79.2 Å². The second-order valence-electron chi connectivity index (χ2n) is 7.39. The number of aliphatic hydroxyl groups is 3. The van der Waals surface area contributed by atoms with Crippen molar-refractivity contribution in [3.05, 3.63) is 0 Å². The lowest BCUT2D eigenvalue weighted by Gasteiger charge is -2.21. The summed E-state index contributed by atoms with van der Waals surface area (Å²) >= 11 is 5.18. The van der Waals surface area contributed by atoms with Crippen molar-refractivity contribution >= 4 is 17.3 Å². The fraction of sp³-hybridized carbons (Fsp3) is 0.950. The van der Waals surface area contributed by atoms with Gasteiger partial charge >= 0.3 is 0 Å². The van der Waals surface area contributed by atoms with Crippen molar-refractivity contribution in [2.24, 2.45) is 0 Å². The quantitative estimate of drug-likeness (QED) is 0.293. The van der Waals surface area contributed by atoms with E-state index in [9.17, 15) is 15.3 Å². The maximum Gasteiger partial charge on any atom is 0.159 e. The number of hydrogen-bond acceptors (Lipinski definition) is 6. The number of thiocarbonyl (C=S) groups is 1. The third-order valence-corrected chi connectivity index (χ3v) is 5.29. The molecule has 4 atom stereocenters. The molecule has 1 aliphatic heterocycles. The van der Waals surface area contributed by atoms with E-state index in [-0.39, 0.29) is 13.2 Å². The summed E-state index contributed by atoms with van der Waals surface area (Å²) in [4.78, 5) is 0. The van der Waals surface area contributed by atoms with E-state index in [0.717, 1.165) is 19.3 Å². The fourth-order valence-corrected chi connectivity index (χ4v) is 3.46. The second-order valence-corrected chi connectivity index (χ2v) is 7.85. The van der Waals surface area contributed by atoms with E-state index in [0.29, 0.717) is 5.05 Å². The maximum atomic E-state index is 9.97. The van der Waals surface area contributed by atoms with Gasteiger partial charge in [0.05, 0.1) is 6.61 Å². The maximum absolute atomic E-state index is 9.97. The van der Waals surface area contributed by atoms with Gasteiger partial charge < -0.3 is 24.8 Å². The van der Waals surface area contributed by atoms with Crippen LogP contribution >= 0.6 is 12.2 Å². The second kappa shape index (κ2) is 14.7. The summed E-state index contributed by atoms with van der Waals surface area (Å²) in [6.07, 6.45) is 11.1. The number of hydrogen-bond donors (Lipinski definition) is 3. The normalized spacial score (nSPS) is 23.9. The van der Waals surface area contributed by atoms with E-state index >= 15 is 0 Å². The van der Waals surface area contributed by atoms with Gasteiger partial charge in [-0.2, -0.15) is 0 Å². The van der Waals surface area contributed by atoms with E-state index in [1.165, 1.54) is 57.8 Å². The first-order valence-electron chi connectivity index (χ1n) is 10.4. The van der Waals surface area contributed by atoms with Crippen LogP contribution in [-0.2, 0) is 9.47 Å². The molecule has 1 aliphatic rings. The SMILES string of the molecule is CCCCCCCCCCCCCC(=S)OC[C@@H](O)[C@H]1OC[C@H](O)[C@H]1O. The van der Waals surface area contributed by atoms with Crippen LogP contribution in [0.2, 0.25) is 0 Å². The lowest BCUT2D eigenvalue weighted by Crippen LogP contribution is -2.41.